The van der Waals surface area contributed by atoms with E-state index in [1.165, 1.54) is 25.9 Å². The van der Waals surface area contributed by atoms with Crippen molar-refractivity contribution in [3.63, 3.8) is 0 Å². The van der Waals surface area contributed by atoms with Crippen LogP contribution in [0.5, 0.6) is 5.75 Å². The Morgan fingerprint density at radius 1 is 1.00 bits per heavy atom. The molecule has 2 N–H and O–H groups in total. The molecule has 19 heavy (non-hydrogen) atoms. The second-order valence-corrected chi connectivity index (χ2v) is 4.86. The van der Waals surface area contributed by atoms with Crippen molar-refractivity contribution in [2.75, 3.05) is 39.5 Å². The van der Waals surface area contributed by atoms with Gasteiger partial charge in [-0.3, -0.25) is 0 Å². The highest BCUT2D eigenvalue weighted by Gasteiger charge is 2.10. The van der Waals surface area contributed by atoms with Gasteiger partial charge in [0.25, 0.3) is 0 Å². The highest BCUT2D eigenvalue weighted by molar-refractivity contribution is 5.26. The van der Waals surface area contributed by atoms with E-state index in [-0.39, 0.29) is 0 Å². The zero-order valence-electron chi connectivity index (χ0n) is 11.5. The fraction of sp³-hybridized carbons (Fsp3) is 0.600. The molecule has 1 aliphatic rings. The molecule has 106 valence electrons. The maximum Gasteiger partial charge on any atom is 0.119 e. The summed E-state index contributed by atoms with van der Waals surface area (Å²) in [6, 6.07) is 7.88. The van der Waals surface area contributed by atoms with Gasteiger partial charge in [-0.2, -0.15) is 0 Å². The largest absolute Gasteiger partial charge is 0.491 e. The summed E-state index contributed by atoms with van der Waals surface area (Å²) in [5.41, 5.74) is 6.66. The molecule has 0 amide bonds. The van der Waals surface area contributed by atoms with Crippen molar-refractivity contribution >= 4 is 0 Å². The van der Waals surface area contributed by atoms with Crippen molar-refractivity contribution in [3.8, 4) is 5.75 Å². The van der Waals surface area contributed by atoms with Crippen LogP contribution in [0.3, 0.4) is 0 Å². The molecular formula is C15H24N2O2. The Morgan fingerprint density at radius 3 is 2.42 bits per heavy atom. The smallest absolute Gasteiger partial charge is 0.119 e. The van der Waals surface area contributed by atoms with E-state index in [1.54, 1.807) is 0 Å². The van der Waals surface area contributed by atoms with Gasteiger partial charge in [0.2, 0.25) is 0 Å². The first-order valence-electron chi connectivity index (χ1n) is 7.10. The lowest BCUT2D eigenvalue weighted by Crippen LogP contribution is -2.24. The second kappa shape index (κ2) is 8.15. The van der Waals surface area contributed by atoms with Crippen molar-refractivity contribution in [3.05, 3.63) is 29.8 Å². The molecule has 0 bridgehead atoms. The lowest BCUT2D eigenvalue weighted by Gasteiger charge is -2.14. The molecule has 1 heterocycles. The van der Waals surface area contributed by atoms with Crippen molar-refractivity contribution in [1.29, 1.82) is 0 Å². The van der Waals surface area contributed by atoms with Crippen LogP contribution in [-0.4, -0.2) is 44.4 Å². The predicted octanol–water partition coefficient (Wildman–Crippen LogP) is 1.64. The Labute approximate surface area is 115 Å². The number of hydrogen-bond acceptors (Lipinski definition) is 4. The Morgan fingerprint density at radius 2 is 1.74 bits per heavy atom. The van der Waals surface area contributed by atoms with Crippen LogP contribution in [-0.2, 0) is 11.3 Å². The first kappa shape index (κ1) is 14.3. The van der Waals surface area contributed by atoms with E-state index in [1.807, 2.05) is 24.3 Å². The third-order valence-corrected chi connectivity index (χ3v) is 3.41. The number of benzene rings is 1. The fourth-order valence-corrected chi connectivity index (χ4v) is 2.24. The molecular weight excluding hydrogens is 240 g/mol. The van der Waals surface area contributed by atoms with E-state index in [0.717, 1.165) is 24.5 Å². The zero-order valence-corrected chi connectivity index (χ0v) is 11.5. The van der Waals surface area contributed by atoms with Gasteiger partial charge >= 0.3 is 0 Å². The molecule has 1 fully saturated rings. The van der Waals surface area contributed by atoms with Crippen LogP contribution in [0.2, 0.25) is 0 Å². The fourth-order valence-electron chi connectivity index (χ4n) is 2.24. The minimum absolute atomic E-state index is 0.569. The summed E-state index contributed by atoms with van der Waals surface area (Å²) in [6.45, 7) is 6.12. The number of rotatable bonds is 8. The summed E-state index contributed by atoms with van der Waals surface area (Å²) in [6.07, 6.45) is 2.67. The van der Waals surface area contributed by atoms with Gasteiger partial charge in [0.15, 0.2) is 0 Å². The van der Waals surface area contributed by atoms with Crippen molar-refractivity contribution in [2.45, 2.75) is 19.4 Å². The Balaban J connectivity index is 1.51. The molecule has 0 radical (unpaired) electrons. The van der Waals surface area contributed by atoms with E-state index in [2.05, 4.69) is 4.90 Å². The number of nitrogens with zero attached hydrogens (tertiary/aromatic N) is 1. The summed E-state index contributed by atoms with van der Waals surface area (Å²) in [4.78, 5) is 2.45. The van der Waals surface area contributed by atoms with Crippen molar-refractivity contribution < 1.29 is 9.47 Å². The average Bonchev–Trinajstić information content (AvgIpc) is 2.96. The summed E-state index contributed by atoms with van der Waals surface area (Å²) >= 11 is 0. The number of nitrogens with two attached hydrogens (primary N) is 1. The quantitative estimate of drug-likeness (QED) is 0.725. The summed E-state index contributed by atoms with van der Waals surface area (Å²) in [5, 5.41) is 0. The van der Waals surface area contributed by atoms with Crippen LogP contribution in [0.1, 0.15) is 18.4 Å². The van der Waals surface area contributed by atoms with Gasteiger partial charge < -0.3 is 20.1 Å². The lowest BCUT2D eigenvalue weighted by molar-refractivity contribution is 0.0846. The number of ether oxygens (including phenoxy) is 2. The van der Waals surface area contributed by atoms with Crippen LogP contribution in [0.4, 0.5) is 0 Å². The Bertz CT molecular complexity index is 348. The zero-order chi connectivity index (χ0) is 13.3. The summed E-state index contributed by atoms with van der Waals surface area (Å²) in [5.74, 6) is 0.875. The van der Waals surface area contributed by atoms with Crippen LogP contribution in [0, 0.1) is 0 Å². The standard InChI is InChI=1S/C15H24N2O2/c16-13-14-3-5-15(6-4-14)19-12-11-18-10-9-17-7-1-2-8-17/h3-6H,1-2,7-13,16H2. The molecule has 0 aromatic heterocycles. The van der Waals surface area contributed by atoms with Crippen LogP contribution >= 0.6 is 0 Å². The molecule has 1 aromatic rings. The molecule has 0 aliphatic carbocycles. The second-order valence-electron chi connectivity index (χ2n) is 4.86. The molecule has 1 saturated heterocycles. The molecule has 1 aliphatic heterocycles. The number of hydrogen-bond donors (Lipinski definition) is 1. The first-order valence-corrected chi connectivity index (χ1v) is 7.10. The van der Waals surface area contributed by atoms with Gasteiger partial charge in [-0.1, -0.05) is 12.1 Å². The molecule has 0 saturated carbocycles. The molecule has 2 rings (SSSR count). The van der Waals surface area contributed by atoms with E-state index in [4.69, 9.17) is 15.2 Å². The molecule has 1 aromatic carbocycles. The monoisotopic (exact) mass is 264 g/mol. The molecule has 0 atom stereocenters. The van der Waals surface area contributed by atoms with Gasteiger partial charge in [-0.05, 0) is 43.6 Å². The van der Waals surface area contributed by atoms with Gasteiger partial charge in [0.05, 0.1) is 13.2 Å². The van der Waals surface area contributed by atoms with Crippen LogP contribution in [0.25, 0.3) is 0 Å². The van der Waals surface area contributed by atoms with Gasteiger partial charge in [0, 0.05) is 13.1 Å². The van der Waals surface area contributed by atoms with E-state index in [9.17, 15) is 0 Å². The van der Waals surface area contributed by atoms with Crippen molar-refractivity contribution in [2.24, 2.45) is 5.73 Å². The molecule has 4 nitrogen and oxygen atoms in total. The summed E-state index contributed by atoms with van der Waals surface area (Å²) in [7, 11) is 0. The van der Waals surface area contributed by atoms with Crippen molar-refractivity contribution in [1.82, 2.24) is 4.90 Å². The van der Waals surface area contributed by atoms with Gasteiger partial charge in [-0.25, -0.2) is 0 Å². The maximum absolute atomic E-state index is 5.60. The normalized spacial score (nSPS) is 15.8. The average molecular weight is 264 g/mol. The molecule has 4 heteroatoms. The highest BCUT2D eigenvalue weighted by atomic mass is 16.5. The molecule has 0 spiro atoms. The number of likely N-dealkylation sites (tertiary alicyclic amines) is 1. The third-order valence-electron chi connectivity index (χ3n) is 3.41. The highest BCUT2D eigenvalue weighted by Crippen LogP contribution is 2.11. The minimum Gasteiger partial charge on any atom is -0.491 e. The summed E-state index contributed by atoms with van der Waals surface area (Å²) < 4.78 is 11.2. The van der Waals surface area contributed by atoms with E-state index < -0.39 is 0 Å². The van der Waals surface area contributed by atoms with Crippen LogP contribution in [0.15, 0.2) is 24.3 Å². The van der Waals surface area contributed by atoms with E-state index in [0.29, 0.717) is 19.8 Å². The predicted molar refractivity (Wildman–Crippen MR) is 76.3 cm³/mol. The molecule has 0 unspecified atom stereocenters. The minimum atomic E-state index is 0.569. The SMILES string of the molecule is NCc1ccc(OCCOCCN2CCCC2)cc1. The van der Waals surface area contributed by atoms with Gasteiger partial charge in [0.1, 0.15) is 12.4 Å². The topological polar surface area (TPSA) is 47.7 Å². The van der Waals surface area contributed by atoms with Gasteiger partial charge in [-0.15, -0.1) is 0 Å². The first-order chi connectivity index (χ1) is 9.38. The Kier molecular flexibility index (Phi) is 6.14. The Hall–Kier alpha value is -1.10. The van der Waals surface area contributed by atoms with Crippen LogP contribution < -0.4 is 10.5 Å². The maximum atomic E-state index is 5.60. The third kappa shape index (κ3) is 5.19. The van der Waals surface area contributed by atoms with E-state index >= 15 is 0 Å². The lowest BCUT2D eigenvalue weighted by atomic mass is 10.2.